The number of nitrogens with zero attached hydrogens (tertiary/aromatic N) is 2. The number of aryl methyl sites for hydroxylation is 1. The van der Waals surface area contributed by atoms with Crippen molar-refractivity contribution >= 4 is 17.5 Å². The fraction of sp³-hybridized carbons (Fsp3) is 0.222. The zero-order valence-corrected chi connectivity index (χ0v) is 7.34. The van der Waals surface area contributed by atoms with Gasteiger partial charge in [-0.1, -0.05) is 0 Å². The van der Waals surface area contributed by atoms with E-state index in [1.807, 2.05) is 0 Å². The number of hydrogen-bond donors (Lipinski definition) is 0. The van der Waals surface area contributed by atoms with Crippen LogP contribution in [0.15, 0.2) is 27.5 Å². The Bertz CT molecular complexity index is 512. The highest BCUT2D eigenvalue weighted by atomic mass is 16.4. The van der Waals surface area contributed by atoms with Crippen LogP contribution in [0.4, 0.5) is 0 Å². The second kappa shape index (κ2) is 3.45. The van der Waals surface area contributed by atoms with Crippen molar-refractivity contribution in [3.05, 3.63) is 28.9 Å². The highest BCUT2D eigenvalue weighted by Crippen LogP contribution is 2.08. The second-order valence-electron chi connectivity index (χ2n) is 2.80. The van der Waals surface area contributed by atoms with E-state index in [0.717, 1.165) is 6.29 Å². The largest absolute Gasteiger partial charge is 0.421 e. The van der Waals surface area contributed by atoms with E-state index in [4.69, 9.17) is 4.42 Å². The third-order valence-corrected chi connectivity index (χ3v) is 1.92. The zero-order chi connectivity index (χ0) is 9.97. The maximum Gasteiger partial charge on any atom is 0.421 e. The number of pyridine rings is 1. The van der Waals surface area contributed by atoms with E-state index < -0.39 is 5.76 Å². The second-order valence-corrected chi connectivity index (χ2v) is 2.80. The molecule has 0 saturated carbocycles. The van der Waals surface area contributed by atoms with Crippen molar-refractivity contribution in [1.82, 2.24) is 9.55 Å². The third-order valence-electron chi connectivity index (χ3n) is 1.92. The Morgan fingerprint density at radius 1 is 1.57 bits per heavy atom. The molecule has 2 heterocycles. The first-order chi connectivity index (χ1) is 6.83. The van der Waals surface area contributed by atoms with Crippen molar-refractivity contribution in [2.75, 3.05) is 0 Å². The number of fused-ring (bicyclic) bond motifs is 1. The van der Waals surface area contributed by atoms with Crippen LogP contribution in [0.3, 0.4) is 0 Å². The van der Waals surface area contributed by atoms with Gasteiger partial charge in [-0.2, -0.15) is 0 Å². The lowest BCUT2D eigenvalue weighted by Crippen LogP contribution is -2.14. The molecular weight excluding hydrogens is 184 g/mol. The van der Waals surface area contributed by atoms with E-state index in [1.165, 1.54) is 4.57 Å². The van der Waals surface area contributed by atoms with Gasteiger partial charge in [0.1, 0.15) is 11.8 Å². The molecule has 0 fully saturated rings. The molecule has 5 nitrogen and oxygen atoms in total. The number of aromatic nitrogens is 2. The molecule has 2 aromatic heterocycles. The quantitative estimate of drug-likeness (QED) is 0.667. The highest BCUT2D eigenvalue weighted by Gasteiger charge is 2.07. The molecule has 0 radical (unpaired) electrons. The number of aldehydes is 1. The van der Waals surface area contributed by atoms with E-state index in [1.54, 1.807) is 18.3 Å². The smallest absolute Gasteiger partial charge is 0.389 e. The Hall–Kier alpha value is -1.91. The SMILES string of the molecule is O=CCCn1c(=O)oc2ncccc21. The van der Waals surface area contributed by atoms with E-state index >= 15 is 0 Å². The molecule has 0 aliphatic heterocycles. The van der Waals surface area contributed by atoms with Gasteiger partial charge in [0.25, 0.3) is 0 Å². The number of oxazole rings is 1. The summed E-state index contributed by atoms with van der Waals surface area (Å²) in [5.41, 5.74) is 0.933. The Kier molecular flexibility index (Phi) is 2.14. The molecule has 2 aromatic rings. The first-order valence-electron chi connectivity index (χ1n) is 4.21. The van der Waals surface area contributed by atoms with Crippen molar-refractivity contribution in [2.45, 2.75) is 13.0 Å². The van der Waals surface area contributed by atoms with Gasteiger partial charge in [0.15, 0.2) is 0 Å². The maximum absolute atomic E-state index is 11.3. The minimum absolute atomic E-state index is 0.295. The van der Waals surface area contributed by atoms with Crippen LogP contribution in [0, 0.1) is 0 Å². The molecule has 2 rings (SSSR count). The molecular formula is C9H8N2O3. The Balaban J connectivity index is 2.56. The van der Waals surface area contributed by atoms with Gasteiger partial charge in [-0.15, -0.1) is 0 Å². The van der Waals surface area contributed by atoms with Gasteiger partial charge in [-0.25, -0.2) is 9.78 Å². The monoisotopic (exact) mass is 192 g/mol. The lowest BCUT2D eigenvalue weighted by atomic mass is 10.4. The number of hydrogen-bond acceptors (Lipinski definition) is 4. The summed E-state index contributed by atoms with van der Waals surface area (Å²) in [7, 11) is 0. The molecule has 0 amide bonds. The van der Waals surface area contributed by atoms with Crippen LogP contribution < -0.4 is 5.76 Å². The number of carbonyl (C=O) groups excluding carboxylic acids is 1. The number of carbonyl (C=O) groups is 1. The lowest BCUT2D eigenvalue weighted by molar-refractivity contribution is -0.108. The fourth-order valence-corrected chi connectivity index (χ4v) is 1.30. The Morgan fingerprint density at radius 2 is 2.43 bits per heavy atom. The van der Waals surface area contributed by atoms with Crippen LogP contribution in [0.1, 0.15) is 6.42 Å². The summed E-state index contributed by atoms with van der Waals surface area (Å²) in [6.07, 6.45) is 2.61. The highest BCUT2D eigenvalue weighted by molar-refractivity contribution is 5.67. The van der Waals surface area contributed by atoms with Crippen LogP contribution in [0.25, 0.3) is 11.2 Å². The molecule has 0 N–H and O–H groups in total. The predicted octanol–water partition coefficient (Wildman–Crippen LogP) is 0.578. The van der Waals surface area contributed by atoms with E-state index in [9.17, 15) is 9.59 Å². The average molecular weight is 192 g/mol. The van der Waals surface area contributed by atoms with Gasteiger partial charge in [0.2, 0.25) is 5.71 Å². The normalized spacial score (nSPS) is 10.6. The summed E-state index contributed by atoms with van der Waals surface area (Å²) in [4.78, 5) is 25.4. The standard InChI is InChI=1S/C9H8N2O3/c12-6-2-5-11-7-3-1-4-10-8(7)14-9(11)13/h1,3-4,6H,2,5H2. The topological polar surface area (TPSA) is 65.1 Å². The molecule has 72 valence electrons. The summed E-state index contributed by atoms with van der Waals surface area (Å²) in [6, 6.07) is 3.45. The summed E-state index contributed by atoms with van der Waals surface area (Å²) < 4.78 is 6.28. The van der Waals surface area contributed by atoms with Gasteiger partial charge in [0, 0.05) is 19.2 Å². The molecule has 0 aliphatic carbocycles. The summed E-state index contributed by atoms with van der Waals surface area (Å²) in [5, 5.41) is 0. The minimum Gasteiger partial charge on any atom is -0.389 e. The molecule has 0 unspecified atom stereocenters. The van der Waals surface area contributed by atoms with Crippen molar-refractivity contribution in [1.29, 1.82) is 0 Å². The third kappa shape index (κ3) is 1.32. The Morgan fingerprint density at radius 3 is 3.21 bits per heavy atom. The summed E-state index contributed by atoms with van der Waals surface area (Å²) >= 11 is 0. The van der Waals surface area contributed by atoms with Crippen molar-refractivity contribution < 1.29 is 9.21 Å². The van der Waals surface area contributed by atoms with Crippen LogP contribution in [0.5, 0.6) is 0 Å². The Labute approximate surface area is 79.0 Å². The molecule has 0 aromatic carbocycles. The van der Waals surface area contributed by atoms with Gasteiger partial charge in [-0.3, -0.25) is 4.57 Å². The fourth-order valence-electron chi connectivity index (χ4n) is 1.30. The van der Waals surface area contributed by atoms with E-state index in [0.29, 0.717) is 24.2 Å². The summed E-state index contributed by atoms with van der Waals surface area (Å²) in [6.45, 7) is 0.334. The molecule has 0 saturated heterocycles. The maximum atomic E-state index is 11.3. The van der Waals surface area contributed by atoms with Gasteiger partial charge in [0.05, 0.1) is 0 Å². The molecule has 5 heteroatoms. The first kappa shape index (κ1) is 8.68. The van der Waals surface area contributed by atoms with Gasteiger partial charge in [-0.05, 0) is 12.1 Å². The van der Waals surface area contributed by atoms with Gasteiger partial charge >= 0.3 is 5.76 Å². The van der Waals surface area contributed by atoms with Gasteiger partial charge < -0.3 is 9.21 Å². The molecule has 14 heavy (non-hydrogen) atoms. The van der Waals surface area contributed by atoms with Crippen LogP contribution in [-0.2, 0) is 11.3 Å². The predicted molar refractivity (Wildman–Crippen MR) is 49.0 cm³/mol. The average Bonchev–Trinajstić information content (AvgIpc) is 2.51. The van der Waals surface area contributed by atoms with E-state index in [2.05, 4.69) is 4.98 Å². The zero-order valence-electron chi connectivity index (χ0n) is 7.34. The first-order valence-corrected chi connectivity index (χ1v) is 4.21. The van der Waals surface area contributed by atoms with Crippen LogP contribution in [0.2, 0.25) is 0 Å². The number of rotatable bonds is 3. The molecule has 0 spiro atoms. The lowest BCUT2D eigenvalue weighted by Gasteiger charge is -1.95. The van der Waals surface area contributed by atoms with Crippen LogP contribution >= 0.6 is 0 Å². The minimum atomic E-state index is -0.472. The molecule has 0 atom stereocenters. The van der Waals surface area contributed by atoms with Crippen molar-refractivity contribution in [3.63, 3.8) is 0 Å². The summed E-state index contributed by atoms with van der Waals surface area (Å²) in [5.74, 6) is -0.472. The molecule has 0 bridgehead atoms. The van der Waals surface area contributed by atoms with Crippen molar-refractivity contribution in [3.8, 4) is 0 Å². The van der Waals surface area contributed by atoms with Crippen molar-refractivity contribution in [2.24, 2.45) is 0 Å². The molecule has 0 aliphatic rings. The van der Waals surface area contributed by atoms with Crippen LogP contribution in [-0.4, -0.2) is 15.8 Å². The van der Waals surface area contributed by atoms with E-state index in [-0.39, 0.29) is 0 Å².